The van der Waals surface area contributed by atoms with Crippen molar-refractivity contribution in [2.75, 3.05) is 0 Å². The molecule has 0 aliphatic carbocycles. The topological polar surface area (TPSA) is 15.8 Å². The number of rotatable bonds is 1. The smallest absolute Gasteiger partial charge is 0.0478 e. The van der Waals surface area contributed by atoms with Crippen LogP contribution in [-0.4, -0.2) is 4.98 Å². The largest absolute Gasteiger partial charge is 0.354 e. The first-order valence-electron chi connectivity index (χ1n) is 9.54. The Labute approximate surface area is 165 Å². The van der Waals surface area contributed by atoms with Crippen LogP contribution in [0.5, 0.6) is 0 Å². The lowest BCUT2D eigenvalue weighted by Gasteiger charge is -2.09. The fraction of sp³-hybridized carbons (Fsp3) is 0. The Morgan fingerprint density at radius 2 is 1.36 bits per heavy atom. The van der Waals surface area contributed by atoms with Crippen molar-refractivity contribution in [2.45, 2.75) is 0 Å². The predicted molar refractivity (Wildman–Crippen MR) is 123 cm³/mol. The number of aromatic amines is 1. The quantitative estimate of drug-likeness (QED) is 0.281. The summed E-state index contributed by atoms with van der Waals surface area (Å²) in [5.74, 6) is 0. The number of benzene rings is 5. The lowest BCUT2D eigenvalue weighted by atomic mass is 9.94. The maximum Gasteiger partial charge on any atom is 0.0478 e. The van der Waals surface area contributed by atoms with Gasteiger partial charge >= 0.3 is 0 Å². The summed E-state index contributed by atoms with van der Waals surface area (Å²) in [6, 6.07) is 30.9. The molecule has 2 heteroatoms. The molecule has 0 bridgehead atoms. The van der Waals surface area contributed by atoms with Crippen molar-refractivity contribution in [3.05, 3.63) is 84.9 Å². The molecule has 0 aliphatic rings. The average molecular weight is 373 g/mol. The van der Waals surface area contributed by atoms with Crippen molar-refractivity contribution in [3.63, 3.8) is 0 Å². The Morgan fingerprint density at radius 3 is 2.29 bits per heavy atom. The Morgan fingerprint density at radius 1 is 0.571 bits per heavy atom. The summed E-state index contributed by atoms with van der Waals surface area (Å²) in [5, 5.41) is 8.10. The van der Waals surface area contributed by atoms with Gasteiger partial charge in [0.05, 0.1) is 0 Å². The molecule has 0 atom stereocenters. The highest BCUT2D eigenvalue weighted by molar-refractivity contribution is 7.26. The van der Waals surface area contributed by atoms with Gasteiger partial charge in [-0.25, -0.2) is 0 Å². The summed E-state index contributed by atoms with van der Waals surface area (Å²) in [5.41, 5.74) is 5.02. The molecule has 0 saturated heterocycles. The number of hydrogen-bond donors (Lipinski definition) is 1. The number of aromatic nitrogens is 1. The van der Waals surface area contributed by atoms with Gasteiger partial charge in [0.25, 0.3) is 0 Å². The van der Waals surface area contributed by atoms with Crippen molar-refractivity contribution in [1.82, 2.24) is 4.98 Å². The molecule has 130 valence electrons. The lowest BCUT2D eigenvalue weighted by Crippen LogP contribution is -1.82. The van der Waals surface area contributed by atoms with E-state index in [2.05, 4.69) is 89.9 Å². The summed E-state index contributed by atoms with van der Waals surface area (Å²) in [6.45, 7) is 0. The minimum atomic E-state index is 1.22. The van der Waals surface area contributed by atoms with E-state index in [1.807, 2.05) is 11.3 Å². The second-order valence-electron chi connectivity index (χ2n) is 7.46. The third-order valence-electron chi connectivity index (χ3n) is 5.97. The molecule has 1 nitrogen and oxygen atoms in total. The van der Waals surface area contributed by atoms with Gasteiger partial charge in [-0.2, -0.15) is 0 Å². The molecule has 5 aromatic carbocycles. The molecule has 2 heterocycles. The fourth-order valence-corrected chi connectivity index (χ4v) is 5.97. The number of hydrogen-bond acceptors (Lipinski definition) is 1. The van der Waals surface area contributed by atoms with Gasteiger partial charge in [0.2, 0.25) is 0 Å². The van der Waals surface area contributed by atoms with Crippen LogP contribution in [0.1, 0.15) is 0 Å². The SMILES string of the molecule is c1ccc(-c2ccc3[nH]c4cc5c6ccccc6sc5c5ccc2c3c45)cc1. The van der Waals surface area contributed by atoms with Crippen molar-refractivity contribution < 1.29 is 0 Å². The van der Waals surface area contributed by atoms with E-state index < -0.39 is 0 Å². The first-order valence-corrected chi connectivity index (χ1v) is 10.4. The normalized spacial score (nSPS) is 12.3. The number of H-pyrrole nitrogens is 1. The summed E-state index contributed by atoms with van der Waals surface area (Å²) in [7, 11) is 0. The second-order valence-corrected chi connectivity index (χ2v) is 8.51. The molecule has 0 fully saturated rings. The number of thiophene rings is 1. The van der Waals surface area contributed by atoms with Crippen molar-refractivity contribution in [3.8, 4) is 11.1 Å². The van der Waals surface area contributed by atoms with E-state index in [1.165, 1.54) is 63.9 Å². The molecule has 0 saturated carbocycles. The van der Waals surface area contributed by atoms with Crippen LogP contribution in [0.3, 0.4) is 0 Å². The van der Waals surface area contributed by atoms with E-state index in [4.69, 9.17) is 0 Å². The van der Waals surface area contributed by atoms with Crippen LogP contribution in [0, 0.1) is 0 Å². The van der Waals surface area contributed by atoms with E-state index in [0.29, 0.717) is 0 Å². The van der Waals surface area contributed by atoms with Crippen LogP contribution in [0.25, 0.3) is 63.9 Å². The Bertz CT molecular complexity index is 1650. The zero-order valence-corrected chi connectivity index (χ0v) is 15.8. The van der Waals surface area contributed by atoms with Crippen molar-refractivity contribution in [2.24, 2.45) is 0 Å². The molecule has 0 unspecified atom stereocenters. The van der Waals surface area contributed by atoms with Crippen molar-refractivity contribution in [1.29, 1.82) is 0 Å². The fourth-order valence-electron chi connectivity index (χ4n) is 4.76. The lowest BCUT2D eigenvalue weighted by molar-refractivity contribution is 1.56. The summed E-state index contributed by atoms with van der Waals surface area (Å²) < 4.78 is 2.75. The van der Waals surface area contributed by atoms with Gasteiger partial charge in [-0.1, -0.05) is 66.7 Å². The highest BCUT2D eigenvalue weighted by atomic mass is 32.1. The monoisotopic (exact) mass is 373 g/mol. The molecule has 0 spiro atoms. The molecule has 7 aromatic rings. The Kier molecular flexibility index (Phi) is 2.68. The van der Waals surface area contributed by atoms with E-state index >= 15 is 0 Å². The van der Waals surface area contributed by atoms with Crippen LogP contribution in [0.15, 0.2) is 84.9 Å². The van der Waals surface area contributed by atoms with Gasteiger partial charge in [0.1, 0.15) is 0 Å². The standard InChI is InChI=1S/C26H15NS/c1-2-6-15(7-3-1)16-12-13-21-24-18(16)10-11-19-25(24)22(27-21)14-20-17-8-4-5-9-23(17)28-26(19)20/h1-14,27H. The van der Waals surface area contributed by atoms with Crippen LogP contribution < -0.4 is 0 Å². The van der Waals surface area contributed by atoms with Gasteiger partial charge in [0.15, 0.2) is 0 Å². The maximum absolute atomic E-state index is 3.69. The van der Waals surface area contributed by atoms with E-state index in [-0.39, 0.29) is 0 Å². The average Bonchev–Trinajstić information content (AvgIpc) is 3.31. The van der Waals surface area contributed by atoms with Crippen molar-refractivity contribution >= 4 is 64.1 Å². The molecule has 0 radical (unpaired) electrons. The molecule has 0 amide bonds. The summed E-state index contributed by atoms with van der Waals surface area (Å²) in [4.78, 5) is 3.69. The van der Waals surface area contributed by atoms with Gasteiger partial charge in [-0.3, -0.25) is 0 Å². The van der Waals surface area contributed by atoms with Gasteiger partial charge in [-0.15, -0.1) is 11.3 Å². The zero-order valence-electron chi connectivity index (χ0n) is 15.0. The molecule has 7 rings (SSSR count). The van der Waals surface area contributed by atoms with Crippen LogP contribution in [-0.2, 0) is 0 Å². The van der Waals surface area contributed by atoms with Crippen LogP contribution >= 0.6 is 11.3 Å². The van der Waals surface area contributed by atoms with E-state index in [1.54, 1.807) is 0 Å². The van der Waals surface area contributed by atoms with Gasteiger partial charge < -0.3 is 4.98 Å². The molecule has 2 aromatic heterocycles. The minimum absolute atomic E-state index is 1.22. The molecule has 28 heavy (non-hydrogen) atoms. The second kappa shape index (κ2) is 5.12. The first kappa shape index (κ1) is 14.7. The summed E-state index contributed by atoms with van der Waals surface area (Å²) >= 11 is 1.90. The minimum Gasteiger partial charge on any atom is -0.354 e. The third-order valence-corrected chi connectivity index (χ3v) is 7.19. The van der Waals surface area contributed by atoms with Crippen LogP contribution in [0.4, 0.5) is 0 Å². The van der Waals surface area contributed by atoms with Crippen LogP contribution in [0.2, 0.25) is 0 Å². The molecular weight excluding hydrogens is 358 g/mol. The molecular formula is C26H15NS. The zero-order chi connectivity index (χ0) is 18.2. The van der Waals surface area contributed by atoms with Gasteiger partial charge in [0, 0.05) is 47.4 Å². The third kappa shape index (κ3) is 1.76. The molecule has 0 aliphatic heterocycles. The first-order chi connectivity index (χ1) is 13.9. The number of fused-ring (bicyclic) bond motifs is 4. The molecule has 1 N–H and O–H groups in total. The Balaban J connectivity index is 1.70. The highest BCUT2D eigenvalue weighted by Crippen LogP contribution is 2.45. The van der Waals surface area contributed by atoms with E-state index in [9.17, 15) is 0 Å². The predicted octanol–water partition coefficient (Wildman–Crippen LogP) is 7.95. The summed E-state index contributed by atoms with van der Waals surface area (Å²) in [6.07, 6.45) is 0. The number of nitrogens with one attached hydrogen (secondary N) is 1. The highest BCUT2D eigenvalue weighted by Gasteiger charge is 2.17. The van der Waals surface area contributed by atoms with Gasteiger partial charge in [-0.05, 0) is 34.7 Å². The Hall–Kier alpha value is -3.36. The van der Waals surface area contributed by atoms with E-state index in [0.717, 1.165) is 0 Å². The maximum atomic E-state index is 3.69.